The SMILES string of the molecule is CCOc1cc(O)c(C(C)=O)cc1CN1CCCC1. The second-order valence-corrected chi connectivity index (χ2v) is 4.95. The van der Waals surface area contributed by atoms with E-state index in [-0.39, 0.29) is 11.5 Å². The van der Waals surface area contributed by atoms with Crippen LogP contribution in [-0.2, 0) is 6.54 Å². The number of hydrogen-bond acceptors (Lipinski definition) is 4. The second kappa shape index (κ2) is 6.06. The maximum absolute atomic E-state index is 11.5. The summed E-state index contributed by atoms with van der Waals surface area (Å²) in [5.41, 5.74) is 1.35. The Morgan fingerprint density at radius 1 is 1.37 bits per heavy atom. The minimum absolute atomic E-state index is 0.00104. The molecule has 1 aromatic rings. The average molecular weight is 263 g/mol. The predicted octanol–water partition coefficient (Wildman–Crippen LogP) is 2.59. The molecule has 104 valence electrons. The number of hydrogen-bond donors (Lipinski definition) is 1. The number of carbonyl (C=O) groups is 1. The Kier molecular flexibility index (Phi) is 4.43. The van der Waals surface area contributed by atoms with Crippen LogP contribution in [0.3, 0.4) is 0 Å². The lowest BCUT2D eigenvalue weighted by Crippen LogP contribution is -2.19. The lowest BCUT2D eigenvalue weighted by atomic mass is 10.0. The van der Waals surface area contributed by atoms with Gasteiger partial charge in [-0.3, -0.25) is 9.69 Å². The van der Waals surface area contributed by atoms with Crippen molar-refractivity contribution in [2.45, 2.75) is 33.2 Å². The molecule has 1 aromatic carbocycles. The molecule has 0 amide bonds. The highest BCUT2D eigenvalue weighted by atomic mass is 16.5. The fraction of sp³-hybridized carbons (Fsp3) is 0.533. The van der Waals surface area contributed by atoms with Gasteiger partial charge in [0, 0.05) is 18.2 Å². The third-order valence-corrected chi connectivity index (χ3v) is 3.45. The van der Waals surface area contributed by atoms with Crippen molar-refractivity contribution in [3.8, 4) is 11.5 Å². The standard InChI is InChI=1S/C15H21NO3/c1-3-19-15-9-14(18)13(11(2)17)8-12(15)10-16-6-4-5-7-16/h8-9,18H,3-7,10H2,1-2H3. The second-order valence-electron chi connectivity index (χ2n) is 4.95. The summed E-state index contributed by atoms with van der Waals surface area (Å²) in [5, 5.41) is 9.86. The molecule has 19 heavy (non-hydrogen) atoms. The highest BCUT2D eigenvalue weighted by Gasteiger charge is 2.18. The Hall–Kier alpha value is -1.55. The van der Waals surface area contributed by atoms with Crippen LogP contribution in [0.2, 0.25) is 0 Å². The molecule has 4 heteroatoms. The molecule has 4 nitrogen and oxygen atoms in total. The first kappa shape index (κ1) is 13.9. The predicted molar refractivity (Wildman–Crippen MR) is 73.8 cm³/mol. The summed E-state index contributed by atoms with van der Waals surface area (Å²) in [6.45, 7) is 6.87. The van der Waals surface area contributed by atoms with E-state index in [0.717, 1.165) is 25.2 Å². The van der Waals surface area contributed by atoms with E-state index in [1.54, 1.807) is 12.1 Å². The lowest BCUT2D eigenvalue weighted by molar-refractivity contribution is 0.101. The van der Waals surface area contributed by atoms with Crippen molar-refractivity contribution in [2.75, 3.05) is 19.7 Å². The van der Waals surface area contributed by atoms with E-state index in [4.69, 9.17) is 4.74 Å². The largest absolute Gasteiger partial charge is 0.507 e. The van der Waals surface area contributed by atoms with Crippen LogP contribution in [0.5, 0.6) is 11.5 Å². The van der Waals surface area contributed by atoms with Crippen molar-refractivity contribution in [3.05, 3.63) is 23.3 Å². The zero-order valence-electron chi connectivity index (χ0n) is 11.6. The summed E-state index contributed by atoms with van der Waals surface area (Å²) in [5.74, 6) is 0.557. The first-order valence-electron chi connectivity index (χ1n) is 6.83. The number of benzene rings is 1. The number of ether oxygens (including phenoxy) is 1. The number of aromatic hydroxyl groups is 1. The van der Waals surface area contributed by atoms with Crippen LogP contribution < -0.4 is 4.74 Å². The third kappa shape index (κ3) is 3.26. The number of likely N-dealkylation sites (tertiary alicyclic amines) is 1. The van der Waals surface area contributed by atoms with Gasteiger partial charge < -0.3 is 9.84 Å². The van der Waals surface area contributed by atoms with Crippen LogP contribution in [0, 0.1) is 0 Å². The molecule has 1 aliphatic heterocycles. The maximum Gasteiger partial charge on any atom is 0.163 e. The van der Waals surface area contributed by atoms with Gasteiger partial charge in [0.2, 0.25) is 0 Å². The molecule has 0 aromatic heterocycles. The normalized spacial score (nSPS) is 15.7. The molecule has 1 fully saturated rings. The van der Waals surface area contributed by atoms with E-state index in [9.17, 15) is 9.90 Å². The van der Waals surface area contributed by atoms with Gasteiger partial charge in [0.15, 0.2) is 5.78 Å². The molecule has 0 unspecified atom stereocenters. The topological polar surface area (TPSA) is 49.8 Å². The number of phenols is 1. The average Bonchev–Trinajstić information content (AvgIpc) is 2.85. The molecule has 0 atom stereocenters. The Morgan fingerprint density at radius 2 is 2.05 bits per heavy atom. The van der Waals surface area contributed by atoms with Crippen LogP contribution in [0.25, 0.3) is 0 Å². The van der Waals surface area contributed by atoms with Gasteiger partial charge >= 0.3 is 0 Å². The fourth-order valence-electron chi connectivity index (χ4n) is 2.49. The van der Waals surface area contributed by atoms with Crippen LogP contribution in [0.1, 0.15) is 42.6 Å². The Bertz CT molecular complexity index is 465. The maximum atomic E-state index is 11.5. The number of carbonyl (C=O) groups excluding carboxylic acids is 1. The minimum Gasteiger partial charge on any atom is -0.507 e. The number of ketones is 1. The van der Waals surface area contributed by atoms with E-state index in [1.165, 1.54) is 19.8 Å². The molecule has 0 aliphatic carbocycles. The first-order valence-corrected chi connectivity index (χ1v) is 6.83. The molecule has 1 heterocycles. The summed E-state index contributed by atoms with van der Waals surface area (Å²) >= 11 is 0. The molecule has 1 N–H and O–H groups in total. The molecule has 0 spiro atoms. The molecule has 0 bridgehead atoms. The lowest BCUT2D eigenvalue weighted by Gasteiger charge is -2.18. The molecule has 1 aliphatic rings. The van der Waals surface area contributed by atoms with Crippen LogP contribution in [-0.4, -0.2) is 35.5 Å². The van der Waals surface area contributed by atoms with Gasteiger partial charge in [0.25, 0.3) is 0 Å². The van der Waals surface area contributed by atoms with Gasteiger partial charge in [-0.15, -0.1) is 0 Å². The molecule has 0 radical (unpaired) electrons. The van der Waals surface area contributed by atoms with Crippen molar-refractivity contribution in [2.24, 2.45) is 0 Å². The molecule has 2 rings (SSSR count). The van der Waals surface area contributed by atoms with Crippen LogP contribution in [0.15, 0.2) is 12.1 Å². The molecular formula is C15H21NO3. The smallest absolute Gasteiger partial charge is 0.163 e. The number of nitrogens with zero attached hydrogens (tertiary/aromatic N) is 1. The highest BCUT2D eigenvalue weighted by molar-refractivity contribution is 5.97. The van der Waals surface area contributed by atoms with Crippen molar-refractivity contribution in [1.82, 2.24) is 4.90 Å². The van der Waals surface area contributed by atoms with Crippen molar-refractivity contribution < 1.29 is 14.6 Å². The van der Waals surface area contributed by atoms with E-state index in [0.29, 0.717) is 17.9 Å². The highest BCUT2D eigenvalue weighted by Crippen LogP contribution is 2.30. The Balaban J connectivity index is 2.30. The van der Waals surface area contributed by atoms with Gasteiger partial charge in [0.05, 0.1) is 12.2 Å². The summed E-state index contributed by atoms with van der Waals surface area (Å²) in [6.07, 6.45) is 2.45. The van der Waals surface area contributed by atoms with Gasteiger partial charge in [-0.25, -0.2) is 0 Å². The number of Topliss-reactive ketones (excluding diaryl/α,β-unsaturated/α-hetero) is 1. The van der Waals surface area contributed by atoms with E-state index in [2.05, 4.69) is 4.90 Å². The van der Waals surface area contributed by atoms with Gasteiger partial charge in [0.1, 0.15) is 11.5 Å². The summed E-state index contributed by atoms with van der Waals surface area (Å²) < 4.78 is 5.56. The van der Waals surface area contributed by atoms with E-state index >= 15 is 0 Å². The third-order valence-electron chi connectivity index (χ3n) is 3.45. The number of rotatable bonds is 5. The van der Waals surface area contributed by atoms with Gasteiger partial charge in [-0.2, -0.15) is 0 Å². The minimum atomic E-state index is -0.122. The zero-order chi connectivity index (χ0) is 13.8. The number of phenolic OH excluding ortho intramolecular Hbond substituents is 1. The monoisotopic (exact) mass is 263 g/mol. The van der Waals surface area contributed by atoms with E-state index in [1.807, 2.05) is 6.92 Å². The first-order chi connectivity index (χ1) is 9.11. The zero-order valence-corrected chi connectivity index (χ0v) is 11.6. The Labute approximate surface area is 114 Å². The molecule has 1 saturated heterocycles. The fourth-order valence-corrected chi connectivity index (χ4v) is 2.49. The van der Waals surface area contributed by atoms with Crippen LogP contribution >= 0.6 is 0 Å². The summed E-state index contributed by atoms with van der Waals surface area (Å²) in [6, 6.07) is 3.33. The molecule has 0 saturated carbocycles. The Morgan fingerprint density at radius 3 is 2.63 bits per heavy atom. The van der Waals surface area contributed by atoms with E-state index < -0.39 is 0 Å². The van der Waals surface area contributed by atoms with Crippen molar-refractivity contribution in [3.63, 3.8) is 0 Å². The summed E-state index contributed by atoms with van der Waals surface area (Å²) in [4.78, 5) is 13.9. The summed E-state index contributed by atoms with van der Waals surface area (Å²) in [7, 11) is 0. The van der Waals surface area contributed by atoms with Crippen molar-refractivity contribution >= 4 is 5.78 Å². The molecular weight excluding hydrogens is 242 g/mol. The quantitative estimate of drug-likeness (QED) is 0.830. The van der Waals surface area contributed by atoms with Crippen LogP contribution in [0.4, 0.5) is 0 Å². The van der Waals surface area contributed by atoms with Gasteiger partial charge in [-0.1, -0.05) is 0 Å². The van der Waals surface area contributed by atoms with Gasteiger partial charge in [-0.05, 0) is 45.8 Å². The van der Waals surface area contributed by atoms with Crippen molar-refractivity contribution in [1.29, 1.82) is 0 Å².